The average Bonchev–Trinajstić information content (AvgIpc) is 2.94. The zero-order valence-corrected chi connectivity index (χ0v) is 13.4. The lowest BCUT2D eigenvalue weighted by Crippen LogP contribution is -2.44. The average molecular weight is 294 g/mol. The van der Waals surface area contributed by atoms with E-state index in [-0.39, 0.29) is 11.5 Å². The first-order valence-corrected chi connectivity index (χ1v) is 9.00. The topological polar surface area (TPSA) is 46.5 Å². The predicted molar refractivity (Wildman–Crippen MR) is 82.1 cm³/mol. The van der Waals surface area contributed by atoms with Crippen LogP contribution in [0.1, 0.15) is 71.1 Å². The highest BCUT2D eigenvalue weighted by atomic mass is 16.5. The van der Waals surface area contributed by atoms with Crippen molar-refractivity contribution in [2.75, 3.05) is 6.61 Å². The van der Waals surface area contributed by atoms with E-state index in [1.165, 1.54) is 32.1 Å². The molecule has 2 aliphatic carbocycles. The van der Waals surface area contributed by atoms with Gasteiger partial charge < -0.3 is 9.84 Å². The van der Waals surface area contributed by atoms with Gasteiger partial charge in [-0.25, -0.2) is 0 Å². The maximum atomic E-state index is 11.7. The molecule has 1 aliphatic heterocycles. The highest BCUT2D eigenvalue weighted by Crippen LogP contribution is 2.49. The normalized spacial score (nSPS) is 39.5. The first-order valence-electron chi connectivity index (χ1n) is 9.00. The van der Waals surface area contributed by atoms with Crippen molar-refractivity contribution in [3.05, 3.63) is 0 Å². The van der Waals surface area contributed by atoms with Crippen LogP contribution in [0.3, 0.4) is 0 Å². The molecular weight excluding hydrogens is 264 g/mol. The number of rotatable bonds is 3. The number of hydrogen-bond donors (Lipinski definition) is 1. The molecule has 1 saturated heterocycles. The van der Waals surface area contributed by atoms with Crippen molar-refractivity contribution < 1.29 is 14.6 Å². The second kappa shape index (κ2) is 6.28. The minimum Gasteiger partial charge on any atom is -0.481 e. The van der Waals surface area contributed by atoms with Gasteiger partial charge in [-0.1, -0.05) is 26.2 Å². The van der Waals surface area contributed by atoms with Crippen LogP contribution in [0, 0.1) is 23.7 Å². The van der Waals surface area contributed by atoms with E-state index in [9.17, 15) is 9.90 Å². The van der Waals surface area contributed by atoms with E-state index in [1.54, 1.807) is 0 Å². The van der Waals surface area contributed by atoms with Crippen LogP contribution >= 0.6 is 0 Å². The summed E-state index contributed by atoms with van der Waals surface area (Å²) in [7, 11) is 0. The van der Waals surface area contributed by atoms with Crippen LogP contribution in [-0.2, 0) is 9.53 Å². The Morgan fingerprint density at radius 1 is 1.24 bits per heavy atom. The van der Waals surface area contributed by atoms with Crippen molar-refractivity contribution in [3.63, 3.8) is 0 Å². The largest absolute Gasteiger partial charge is 0.481 e. The van der Waals surface area contributed by atoms with E-state index >= 15 is 0 Å². The SMILES string of the molecule is CCC1CCC(C(=O)O)C(C2CCOC3(CCCC3)C2)C1. The van der Waals surface area contributed by atoms with Crippen molar-refractivity contribution in [1.82, 2.24) is 0 Å². The summed E-state index contributed by atoms with van der Waals surface area (Å²) in [5.41, 5.74) is 0.116. The lowest BCUT2D eigenvalue weighted by molar-refractivity contribution is -0.151. The van der Waals surface area contributed by atoms with Gasteiger partial charge in [0.15, 0.2) is 0 Å². The molecule has 3 aliphatic rings. The van der Waals surface area contributed by atoms with E-state index in [2.05, 4.69) is 6.92 Å². The summed E-state index contributed by atoms with van der Waals surface area (Å²) < 4.78 is 6.15. The summed E-state index contributed by atoms with van der Waals surface area (Å²) in [5, 5.41) is 9.62. The molecule has 1 N–H and O–H groups in total. The van der Waals surface area contributed by atoms with Crippen molar-refractivity contribution >= 4 is 5.97 Å². The second-order valence-electron chi connectivity index (χ2n) is 7.69. The summed E-state index contributed by atoms with van der Waals surface area (Å²) in [6.45, 7) is 3.11. The molecule has 0 aromatic rings. The molecule has 1 spiro atoms. The summed E-state index contributed by atoms with van der Waals surface area (Å²) in [6, 6.07) is 0. The zero-order chi connectivity index (χ0) is 14.9. The van der Waals surface area contributed by atoms with Gasteiger partial charge in [-0.05, 0) is 62.7 Å². The summed E-state index contributed by atoms with van der Waals surface area (Å²) in [5.74, 6) is 1.05. The van der Waals surface area contributed by atoms with E-state index in [4.69, 9.17) is 4.74 Å². The molecule has 3 rings (SSSR count). The Hall–Kier alpha value is -0.570. The molecule has 0 bridgehead atoms. The molecule has 0 aromatic heterocycles. The van der Waals surface area contributed by atoms with Crippen molar-refractivity contribution in [2.45, 2.75) is 76.7 Å². The van der Waals surface area contributed by atoms with E-state index in [0.29, 0.717) is 11.8 Å². The third-order valence-electron chi connectivity index (χ3n) is 6.55. The second-order valence-corrected chi connectivity index (χ2v) is 7.69. The Balaban J connectivity index is 1.73. The van der Waals surface area contributed by atoms with Gasteiger partial charge in [-0.3, -0.25) is 4.79 Å². The Kier molecular flexibility index (Phi) is 4.58. The van der Waals surface area contributed by atoms with Crippen molar-refractivity contribution in [1.29, 1.82) is 0 Å². The summed E-state index contributed by atoms with van der Waals surface area (Å²) in [6.07, 6.45) is 11.5. The van der Waals surface area contributed by atoms with Crippen LogP contribution < -0.4 is 0 Å². The number of ether oxygens (including phenoxy) is 1. The molecule has 3 nitrogen and oxygen atoms in total. The fourth-order valence-electron chi connectivity index (χ4n) is 5.29. The summed E-state index contributed by atoms with van der Waals surface area (Å²) in [4.78, 5) is 11.7. The van der Waals surface area contributed by atoms with Gasteiger partial charge in [0.25, 0.3) is 0 Å². The van der Waals surface area contributed by atoms with Gasteiger partial charge in [0.1, 0.15) is 0 Å². The van der Waals surface area contributed by atoms with Gasteiger partial charge in [0, 0.05) is 6.61 Å². The van der Waals surface area contributed by atoms with Crippen LogP contribution in [0.15, 0.2) is 0 Å². The number of aliphatic carboxylic acids is 1. The van der Waals surface area contributed by atoms with Crippen molar-refractivity contribution in [2.24, 2.45) is 23.7 Å². The maximum absolute atomic E-state index is 11.7. The molecule has 1 heterocycles. The van der Waals surface area contributed by atoms with E-state index in [0.717, 1.165) is 44.6 Å². The predicted octanol–water partition coefficient (Wildman–Crippen LogP) is 4.25. The third-order valence-corrected chi connectivity index (χ3v) is 6.55. The summed E-state index contributed by atoms with van der Waals surface area (Å²) >= 11 is 0. The lowest BCUT2D eigenvalue weighted by atomic mass is 9.64. The van der Waals surface area contributed by atoms with Gasteiger partial charge in [-0.15, -0.1) is 0 Å². The van der Waals surface area contributed by atoms with Crippen LogP contribution in [0.4, 0.5) is 0 Å². The molecule has 0 radical (unpaired) electrons. The zero-order valence-electron chi connectivity index (χ0n) is 13.4. The fraction of sp³-hybridized carbons (Fsp3) is 0.944. The number of carboxylic acid groups (broad SMARTS) is 1. The molecule has 3 heteroatoms. The molecule has 0 amide bonds. The third kappa shape index (κ3) is 3.13. The van der Waals surface area contributed by atoms with Gasteiger partial charge in [0.05, 0.1) is 11.5 Å². The molecule has 21 heavy (non-hydrogen) atoms. The van der Waals surface area contributed by atoms with Crippen molar-refractivity contribution in [3.8, 4) is 0 Å². The van der Waals surface area contributed by atoms with Gasteiger partial charge in [-0.2, -0.15) is 0 Å². The Bertz CT molecular complexity index is 373. The van der Waals surface area contributed by atoms with E-state index in [1.807, 2.05) is 0 Å². The van der Waals surface area contributed by atoms with E-state index < -0.39 is 5.97 Å². The quantitative estimate of drug-likeness (QED) is 0.846. The van der Waals surface area contributed by atoms with Gasteiger partial charge in [0.2, 0.25) is 0 Å². The highest BCUT2D eigenvalue weighted by molar-refractivity contribution is 5.70. The smallest absolute Gasteiger partial charge is 0.306 e. The highest BCUT2D eigenvalue weighted by Gasteiger charge is 2.46. The van der Waals surface area contributed by atoms with Crippen LogP contribution in [0.2, 0.25) is 0 Å². The monoisotopic (exact) mass is 294 g/mol. The van der Waals surface area contributed by atoms with Crippen LogP contribution in [0.5, 0.6) is 0 Å². The number of hydrogen-bond acceptors (Lipinski definition) is 2. The molecule has 2 saturated carbocycles. The van der Waals surface area contributed by atoms with Crippen LogP contribution in [0.25, 0.3) is 0 Å². The van der Waals surface area contributed by atoms with Crippen LogP contribution in [-0.4, -0.2) is 23.3 Å². The molecule has 0 aromatic carbocycles. The first-order chi connectivity index (χ1) is 10.1. The van der Waals surface area contributed by atoms with Gasteiger partial charge >= 0.3 is 5.97 Å². The molecule has 3 fully saturated rings. The minimum atomic E-state index is -0.554. The standard InChI is InChI=1S/C18H30O3/c1-2-13-5-6-15(17(19)20)16(11-13)14-7-10-21-18(12-14)8-3-4-9-18/h13-16H,2-12H2,1H3,(H,19,20). The Labute approximate surface area is 128 Å². The lowest BCUT2D eigenvalue weighted by Gasteiger charge is -2.45. The Morgan fingerprint density at radius 3 is 2.67 bits per heavy atom. The molecule has 4 unspecified atom stereocenters. The molecular formula is C18H30O3. The molecule has 4 atom stereocenters. The molecule has 120 valence electrons. The number of carbonyl (C=O) groups is 1. The number of carboxylic acids is 1. The fourth-order valence-corrected chi connectivity index (χ4v) is 5.29. The maximum Gasteiger partial charge on any atom is 0.306 e. The first kappa shape index (κ1) is 15.3. The minimum absolute atomic E-state index is 0.102. The Morgan fingerprint density at radius 2 is 2.00 bits per heavy atom.